The zero-order valence-electron chi connectivity index (χ0n) is 19.0. The van der Waals surface area contributed by atoms with Crippen molar-refractivity contribution in [3.05, 3.63) is 35.5 Å². The van der Waals surface area contributed by atoms with Gasteiger partial charge in [-0.25, -0.2) is 4.79 Å². The molecule has 0 bridgehead atoms. The number of rotatable bonds is 9. The molecular formula is C25H34O6. The average Bonchev–Trinajstić information content (AvgIpc) is 2.71. The monoisotopic (exact) mass is 430 g/mol. The summed E-state index contributed by atoms with van der Waals surface area (Å²) in [6.07, 6.45) is 7.19. The third-order valence-corrected chi connectivity index (χ3v) is 6.78. The summed E-state index contributed by atoms with van der Waals surface area (Å²) in [5.74, 6) is -2.91. The molecule has 0 saturated heterocycles. The molecule has 31 heavy (non-hydrogen) atoms. The molecule has 0 amide bonds. The summed E-state index contributed by atoms with van der Waals surface area (Å²) in [5.41, 5.74) is 0.294. The van der Waals surface area contributed by atoms with Gasteiger partial charge in [0.05, 0.1) is 11.8 Å². The van der Waals surface area contributed by atoms with E-state index in [1.165, 1.54) is 6.08 Å². The fourth-order valence-corrected chi connectivity index (χ4v) is 4.90. The molecule has 1 fully saturated rings. The number of allylic oxidation sites excluding steroid dienone is 3. The highest BCUT2D eigenvalue weighted by molar-refractivity contribution is 6.00. The van der Waals surface area contributed by atoms with Crippen LogP contribution in [0.15, 0.2) is 35.5 Å². The molecular weight excluding hydrogens is 396 g/mol. The van der Waals surface area contributed by atoms with Gasteiger partial charge < -0.3 is 9.84 Å². The van der Waals surface area contributed by atoms with Gasteiger partial charge in [-0.1, -0.05) is 46.3 Å². The minimum Gasteiger partial charge on any atom is -0.481 e. The third-order valence-electron chi connectivity index (χ3n) is 6.78. The fourth-order valence-electron chi connectivity index (χ4n) is 4.90. The molecule has 1 saturated carbocycles. The van der Waals surface area contributed by atoms with Gasteiger partial charge in [-0.2, -0.15) is 0 Å². The predicted molar refractivity (Wildman–Crippen MR) is 117 cm³/mol. The Hall–Kier alpha value is -2.50. The maximum atomic E-state index is 12.7. The summed E-state index contributed by atoms with van der Waals surface area (Å²) in [4.78, 5) is 48.6. The fraction of sp³-hybridized carbons (Fsp3) is 0.600. The number of aliphatic carboxylic acids is 1. The van der Waals surface area contributed by atoms with Crippen molar-refractivity contribution in [2.75, 3.05) is 0 Å². The number of ketones is 1. The number of ether oxygens (including phenoxy) is 1. The topological polar surface area (TPSA) is 97.7 Å². The molecule has 0 aliphatic heterocycles. The van der Waals surface area contributed by atoms with Crippen LogP contribution < -0.4 is 0 Å². The van der Waals surface area contributed by atoms with Crippen LogP contribution in [0.1, 0.15) is 66.2 Å². The Morgan fingerprint density at radius 1 is 1.39 bits per heavy atom. The van der Waals surface area contributed by atoms with Gasteiger partial charge in [0, 0.05) is 11.0 Å². The third kappa shape index (κ3) is 5.41. The summed E-state index contributed by atoms with van der Waals surface area (Å²) in [6.45, 7) is 11.3. The SMILES string of the molecule is C=C(C=O)[C@@H]1C[C@@]2(C)C(=CC1=O)[C@H](OC(=O)/C(C)=C/C(C)CCCC)CC[C@@H]2C(=O)O. The van der Waals surface area contributed by atoms with Crippen LogP contribution >= 0.6 is 0 Å². The van der Waals surface area contributed by atoms with Crippen LogP contribution in [0, 0.1) is 23.2 Å². The smallest absolute Gasteiger partial charge is 0.333 e. The number of carbonyl (C=O) groups excluding carboxylic acids is 3. The lowest BCUT2D eigenvalue weighted by Gasteiger charge is -2.48. The van der Waals surface area contributed by atoms with Crippen molar-refractivity contribution in [1.82, 2.24) is 0 Å². The van der Waals surface area contributed by atoms with Crippen LogP contribution in [0.3, 0.4) is 0 Å². The molecule has 6 heteroatoms. The Morgan fingerprint density at radius 3 is 2.65 bits per heavy atom. The molecule has 0 spiro atoms. The largest absolute Gasteiger partial charge is 0.481 e. The van der Waals surface area contributed by atoms with E-state index in [1.54, 1.807) is 13.8 Å². The number of unbranched alkanes of at least 4 members (excludes halogenated alkanes) is 1. The van der Waals surface area contributed by atoms with E-state index in [4.69, 9.17) is 4.74 Å². The van der Waals surface area contributed by atoms with Crippen molar-refractivity contribution in [3.63, 3.8) is 0 Å². The second kappa shape index (κ2) is 10.2. The number of carboxylic acid groups (broad SMARTS) is 1. The Kier molecular flexibility index (Phi) is 8.15. The van der Waals surface area contributed by atoms with Gasteiger partial charge in [-0.15, -0.1) is 0 Å². The number of carbonyl (C=O) groups is 4. The maximum Gasteiger partial charge on any atom is 0.333 e. The Bertz CT molecular complexity index is 820. The summed E-state index contributed by atoms with van der Waals surface area (Å²) in [7, 11) is 0. The lowest BCUT2D eigenvalue weighted by Crippen LogP contribution is -2.49. The van der Waals surface area contributed by atoms with E-state index in [0.29, 0.717) is 30.3 Å². The van der Waals surface area contributed by atoms with Crippen LogP contribution in [0.2, 0.25) is 0 Å². The van der Waals surface area contributed by atoms with Crippen LogP contribution in [0.4, 0.5) is 0 Å². The van der Waals surface area contributed by atoms with E-state index in [9.17, 15) is 24.3 Å². The zero-order valence-corrected chi connectivity index (χ0v) is 19.0. The van der Waals surface area contributed by atoms with E-state index in [1.807, 2.05) is 6.08 Å². The standard InChI is InChI=1S/C25H34O6/c1-6-7-8-15(2)11-16(3)24(30)31-22-10-9-19(23(28)29)25(5)13-18(17(4)14-26)21(27)12-20(22)25/h11-12,14-15,18-19,22H,4,6-10,13H2,1-3,5H3,(H,28,29)/b16-11+/t15?,18-,19+,22+,25+/m0/s1. The highest BCUT2D eigenvalue weighted by Gasteiger charge is 2.53. The van der Waals surface area contributed by atoms with Crippen molar-refractivity contribution in [2.24, 2.45) is 23.2 Å². The number of hydrogen-bond donors (Lipinski definition) is 1. The normalized spacial score (nSPS) is 29.4. The molecule has 1 unspecified atom stereocenters. The molecule has 0 aromatic heterocycles. The molecule has 1 N–H and O–H groups in total. The Morgan fingerprint density at radius 2 is 2.06 bits per heavy atom. The lowest BCUT2D eigenvalue weighted by molar-refractivity contribution is -0.152. The van der Waals surface area contributed by atoms with Crippen molar-refractivity contribution >= 4 is 24.0 Å². The molecule has 0 radical (unpaired) electrons. The molecule has 6 nitrogen and oxygen atoms in total. The zero-order chi connectivity index (χ0) is 23.3. The number of esters is 1. The first-order valence-electron chi connectivity index (χ1n) is 11.1. The summed E-state index contributed by atoms with van der Waals surface area (Å²) >= 11 is 0. The predicted octanol–water partition coefficient (Wildman–Crippen LogP) is 4.44. The number of hydrogen-bond acceptors (Lipinski definition) is 5. The summed E-state index contributed by atoms with van der Waals surface area (Å²) < 4.78 is 5.78. The maximum absolute atomic E-state index is 12.7. The minimum atomic E-state index is -0.955. The molecule has 0 heterocycles. The summed E-state index contributed by atoms with van der Waals surface area (Å²) in [5, 5.41) is 9.80. The first-order valence-corrected chi connectivity index (χ1v) is 11.1. The van der Waals surface area contributed by atoms with E-state index in [-0.39, 0.29) is 23.7 Å². The van der Waals surface area contributed by atoms with Gasteiger partial charge >= 0.3 is 11.9 Å². The number of carboxylic acids is 1. The van der Waals surface area contributed by atoms with Crippen LogP contribution in [-0.2, 0) is 23.9 Å². The van der Waals surface area contributed by atoms with Gasteiger partial charge in [-0.3, -0.25) is 14.4 Å². The number of aldehydes is 1. The molecule has 2 aliphatic rings. The molecule has 0 aromatic rings. The second-order valence-electron chi connectivity index (χ2n) is 9.20. The number of fused-ring (bicyclic) bond motifs is 1. The molecule has 170 valence electrons. The quantitative estimate of drug-likeness (QED) is 0.330. The highest BCUT2D eigenvalue weighted by atomic mass is 16.5. The highest BCUT2D eigenvalue weighted by Crippen LogP contribution is 2.53. The van der Waals surface area contributed by atoms with Crippen molar-refractivity contribution < 1.29 is 29.0 Å². The first-order chi connectivity index (χ1) is 14.5. The van der Waals surface area contributed by atoms with Gasteiger partial charge in [0.2, 0.25) is 0 Å². The Labute approximate surface area is 184 Å². The Balaban J connectivity index is 2.30. The van der Waals surface area contributed by atoms with Gasteiger partial charge in [0.1, 0.15) is 12.4 Å². The van der Waals surface area contributed by atoms with E-state index >= 15 is 0 Å². The van der Waals surface area contributed by atoms with Gasteiger partial charge in [0.15, 0.2) is 5.78 Å². The van der Waals surface area contributed by atoms with Crippen LogP contribution in [0.25, 0.3) is 0 Å². The van der Waals surface area contributed by atoms with Crippen molar-refractivity contribution in [1.29, 1.82) is 0 Å². The average molecular weight is 431 g/mol. The van der Waals surface area contributed by atoms with E-state index < -0.39 is 35.3 Å². The van der Waals surface area contributed by atoms with Crippen LogP contribution in [0.5, 0.6) is 0 Å². The van der Waals surface area contributed by atoms with Crippen LogP contribution in [-0.4, -0.2) is 35.2 Å². The molecule has 2 aliphatic carbocycles. The lowest BCUT2D eigenvalue weighted by atomic mass is 9.56. The minimum absolute atomic E-state index is 0.143. The second-order valence-corrected chi connectivity index (χ2v) is 9.20. The van der Waals surface area contributed by atoms with E-state index in [0.717, 1.165) is 19.3 Å². The molecule has 5 atom stereocenters. The van der Waals surface area contributed by atoms with E-state index in [2.05, 4.69) is 20.4 Å². The van der Waals surface area contributed by atoms with Crippen molar-refractivity contribution in [3.8, 4) is 0 Å². The first kappa shape index (κ1) is 24.8. The molecule has 2 rings (SSSR count). The van der Waals surface area contributed by atoms with Crippen molar-refractivity contribution in [2.45, 2.75) is 72.3 Å². The summed E-state index contributed by atoms with van der Waals surface area (Å²) in [6, 6.07) is 0. The van der Waals surface area contributed by atoms with Gasteiger partial charge in [0.25, 0.3) is 0 Å². The van der Waals surface area contributed by atoms with Gasteiger partial charge in [-0.05, 0) is 55.7 Å². The molecule has 0 aromatic carbocycles.